The second-order valence-corrected chi connectivity index (χ2v) is 7.86. The quantitative estimate of drug-likeness (QED) is 0.125. The zero-order chi connectivity index (χ0) is 27.0. The third kappa shape index (κ3) is 9.59. The maximum absolute atomic E-state index is 11.7. The van der Waals surface area contributed by atoms with Crippen LogP contribution in [0.4, 0.5) is 0 Å². The zero-order valence-corrected chi connectivity index (χ0v) is 21.2. The van der Waals surface area contributed by atoms with Crippen molar-refractivity contribution in [2.24, 2.45) is 0 Å². The van der Waals surface area contributed by atoms with Gasteiger partial charge in [0.1, 0.15) is 24.7 Å². The largest absolute Gasteiger partial charge is 0.489 e. The van der Waals surface area contributed by atoms with Gasteiger partial charge in [-0.25, -0.2) is 9.59 Å². The molecule has 0 spiro atoms. The number of esters is 2. The second-order valence-electron chi connectivity index (χ2n) is 7.86. The molecule has 8 nitrogen and oxygen atoms in total. The van der Waals surface area contributed by atoms with Crippen LogP contribution in [0.3, 0.4) is 0 Å². The number of hydrogen-bond acceptors (Lipinski definition) is 8. The summed E-state index contributed by atoms with van der Waals surface area (Å²) in [6, 6.07) is 9.40. The van der Waals surface area contributed by atoms with Crippen molar-refractivity contribution >= 4 is 22.7 Å². The number of fused-ring (bicyclic) bond motifs is 1. The van der Waals surface area contributed by atoms with E-state index in [1.165, 1.54) is 0 Å². The Kier molecular flexibility index (Phi) is 12.7. The SMILES string of the molecule is C=CCOCC(COc1cccc2c(OCC(COCC=C)OC(=O)C=C)c(C)ccc12)OC(=O)C=C. The molecule has 37 heavy (non-hydrogen) atoms. The van der Waals surface area contributed by atoms with E-state index in [9.17, 15) is 9.59 Å². The predicted molar refractivity (Wildman–Crippen MR) is 142 cm³/mol. The topological polar surface area (TPSA) is 89.5 Å². The molecule has 2 aromatic carbocycles. The maximum atomic E-state index is 11.7. The molecule has 0 fully saturated rings. The van der Waals surface area contributed by atoms with Crippen molar-refractivity contribution in [2.75, 3.05) is 39.6 Å². The van der Waals surface area contributed by atoms with Gasteiger partial charge in [0.25, 0.3) is 0 Å². The Morgan fingerprint density at radius 2 is 1.32 bits per heavy atom. The van der Waals surface area contributed by atoms with Crippen LogP contribution < -0.4 is 9.47 Å². The fourth-order valence-corrected chi connectivity index (χ4v) is 3.31. The third-order valence-electron chi connectivity index (χ3n) is 4.99. The van der Waals surface area contributed by atoms with Gasteiger partial charge in [0.15, 0.2) is 12.2 Å². The summed E-state index contributed by atoms with van der Waals surface area (Å²) < 4.78 is 33.7. The lowest BCUT2D eigenvalue weighted by molar-refractivity contribution is -0.148. The summed E-state index contributed by atoms with van der Waals surface area (Å²) >= 11 is 0. The van der Waals surface area contributed by atoms with Gasteiger partial charge in [-0.15, -0.1) is 13.2 Å². The Morgan fingerprint density at radius 3 is 1.86 bits per heavy atom. The lowest BCUT2D eigenvalue weighted by Gasteiger charge is -2.21. The Bertz CT molecular complexity index is 1090. The minimum atomic E-state index is -0.643. The lowest BCUT2D eigenvalue weighted by Crippen LogP contribution is -2.29. The van der Waals surface area contributed by atoms with Crippen LogP contribution in [-0.2, 0) is 28.5 Å². The molecule has 8 heteroatoms. The first-order chi connectivity index (χ1) is 17.9. The number of carbonyl (C=O) groups excluding carboxylic acids is 2. The van der Waals surface area contributed by atoms with Gasteiger partial charge in [0.05, 0.1) is 26.4 Å². The first kappa shape index (κ1) is 29.4. The predicted octanol–water partition coefficient (Wildman–Crippen LogP) is 4.51. The van der Waals surface area contributed by atoms with E-state index in [2.05, 4.69) is 26.3 Å². The van der Waals surface area contributed by atoms with Crippen molar-refractivity contribution in [3.63, 3.8) is 0 Å². The number of rotatable bonds is 18. The van der Waals surface area contributed by atoms with Gasteiger partial charge in [-0.05, 0) is 18.6 Å². The molecular weight excluding hydrogens is 476 g/mol. The van der Waals surface area contributed by atoms with Crippen molar-refractivity contribution in [3.05, 3.63) is 86.5 Å². The Morgan fingerprint density at radius 1 is 0.757 bits per heavy atom. The van der Waals surface area contributed by atoms with Gasteiger partial charge >= 0.3 is 11.9 Å². The molecule has 0 N–H and O–H groups in total. The second kappa shape index (κ2) is 16.0. The van der Waals surface area contributed by atoms with Crippen LogP contribution in [0.5, 0.6) is 11.5 Å². The van der Waals surface area contributed by atoms with Gasteiger partial charge in [0, 0.05) is 22.9 Å². The molecule has 2 aromatic rings. The van der Waals surface area contributed by atoms with Crippen LogP contribution in [0, 0.1) is 6.92 Å². The average Bonchev–Trinajstić information content (AvgIpc) is 2.90. The van der Waals surface area contributed by atoms with E-state index >= 15 is 0 Å². The first-order valence-electron chi connectivity index (χ1n) is 11.7. The molecule has 0 aliphatic rings. The van der Waals surface area contributed by atoms with Crippen molar-refractivity contribution < 1.29 is 38.0 Å². The third-order valence-corrected chi connectivity index (χ3v) is 4.99. The van der Waals surface area contributed by atoms with Crippen LogP contribution in [0.15, 0.2) is 81.0 Å². The van der Waals surface area contributed by atoms with Crippen LogP contribution in [-0.4, -0.2) is 63.8 Å². The van der Waals surface area contributed by atoms with Gasteiger partial charge in [-0.3, -0.25) is 0 Å². The molecule has 0 amide bonds. The number of benzene rings is 2. The highest BCUT2D eigenvalue weighted by Gasteiger charge is 2.18. The molecule has 2 unspecified atom stereocenters. The molecule has 0 radical (unpaired) electrons. The highest BCUT2D eigenvalue weighted by Crippen LogP contribution is 2.35. The molecule has 0 saturated carbocycles. The Hall–Kier alpha value is -3.88. The molecule has 198 valence electrons. The standard InChI is InChI=1S/C29H34O8/c1-6-15-32-17-22(36-27(30)8-3)19-34-26-12-10-11-25-24(26)14-13-21(5)29(25)35-20-23(18-33-16-7-2)37-28(31)9-4/h6-14,22-23H,1-4,15-20H2,5H3. The van der Waals surface area contributed by atoms with Crippen LogP contribution in [0.2, 0.25) is 0 Å². The molecule has 0 heterocycles. The monoisotopic (exact) mass is 510 g/mol. The minimum absolute atomic E-state index is 0.0696. The molecule has 2 rings (SSSR count). The summed E-state index contributed by atoms with van der Waals surface area (Å²) in [5, 5.41) is 1.60. The molecule has 0 aliphatic carbocycles. The van der Waals surface area contributed by atoms with Crippen LogP contribution >= 0.6 is 0 Å². The highest BCUT2D eigenvalue weighted by atomic mass is 16.6. The molecule has 0 aliphatic heterocycles. The highest BCUT2D eigenvalue weighted by molar-refractivity contribution is 5.94. The number of hydrogen-bond donors (Lipinski definition) is 0. The van der Waals surface area contributed by atoms with Gasteiger partial charge in [-0.2, -0.15) is 0 Å². The normalized spacial score (nSPS) is 12.1. The summed E-state index contributed by atoms with van der Waals surface area (Å²) in [7, 11) is 0. The van der Waals surface area contributed by atoms with Gasteiger partial charge in [0.2, 0.25) is 0 Å². The molecule has 0 bridgehead atoms. The molecule has 0 saturated heterocycles. The number of ether oxygens (including phenoxy) is 6. The lowest BCUT2D eigenvalue weighted by atomic mass is 10.1. The Balaban J connectivity index is 2.21. The smallest absolute Gasteiger partial charge is 0.330 e. The fraction of sp³-hybridized carbons (Fsp3) is 0.310. The average molecular weight is 511 g/mol. The van der Waals surface area contributed by atoms with Gasteiger partial charge < -0.3 is 28.4 Å². The summed E-state index contributed by atoms with van der Waals surface area (Å²) in [4.78, 5) is 23.5. The van der Waals surface area contributed by atoms with Crippen LogP contribution in [0.1, 0.15) is 5.56 Å². The summed E-state index contributed by atoms with van der Waals surface area (Å²) in [6.07, 6.45) is 4.12. The number of aryl methyl sites for hydroxylation is 1. The van der Waals surface area contributed by atoms with E-state index in [0.717, 1.165) is 28.5 Å². The van der Waals surface area contributed by atoms with Crippen LogP contribution in [0.25, 0.3) is 10.8 Å². The van der Waals surface area contributed by atoms with Crippen molar-refractivity contribution in [1.29, 1.82) is 0 Å². The molecule has 2 atom stereocenters. The van der Waals surface area contributed by atoms with Crippen molar-refractivity contribution in [1.82, 2.24) is 0 Å². The van der Waals surface area contributed by atoms with E-state index in [-0.39, 0.29) is 26.4 Å². The van der Waals surface area contributed by atoms with E-state index in [1.807, 2.05) is 37.3 Å². The molecule has 0 aromatic heterocycles. The van der Waals surface area contributed by atoms with E-state index in [1.54, 1.807) is 12.2 Å². The van der Waals surface area contributed by atoms with E-state index in [0.29, 0.717) is 24.7 Å². The zero-order valence-electron chi connectivity index (χ0n) is 21.2. The van der Waals surface area contributed by atoms with E-state index in [4.69, 9.17) is 28.4 Å². The van der Waals surface area contributed by atoms with Gasteiger partial charge in [-0.1, -0.05) is 49.6 Å². The Labute approximate surface area is 217 Å². The van der Waals surface area contributed by atoms with Crippen molar-refractivity contribution in [3.8, 4) is 11.5 Å². The van der Waals surface area contributed by atoms with E-state index < -0.39 is 24.1 Å². The number of carbonyl (C=O) groups is 2. The van der Waals surface area contributed by atoms with Crippen molar-refractivity contribution in [2.45, 2.75) is 19.1 Å². The minimum Gasteiger partial charge on any atom is -0.489 e. The fourth-order valence-electron chi connectivity index (χ4n) is 3.31. The first-order valence-corrected chi connectivity index (χ1v) is 11.7. The molecular formula is C29H34O8. The summed E-state index contributed by atoms with van der Waals surface area (Å²) in [5.41, 5.74) is 0.890. The maximum Gasteiger partial charge on any atom is 0.330 e. The summed E-state index contributed by atoms with van der Waals surface area (Å²) in [5.74, 6) is 0.0682. The summed E-state index contributed by atoms with van der Waals surface area (Å²) in [6.45, 7) is 17.1.